The molecule has 6 rings (SSSR count). The van der Waals surface area contributed by atoms with Gasteiger partial charge in [-0.3, -0.25) is 9.97 Å². The number of piperidine rings is 3. The molecule has 0 aliphatic carbocycles. The van der Waals surface area contributed by atoms with Crippen LogP contribution in [0.25, 0.3) is 0 Å². The number of fused-ring (bicyclic) bond motifs is 1. The van der Waals surface area contributed by atoms with Crippen LogP contribution >= 0.6 is 23.2 Å². The molecule has 2 unspecified atom stereocenters. The normalized spacial score (nSPS) is 24.3. The summed E-state index contributed by atoms with van der Waals surface area (Å²) in [6.07, 6.45) is 6.27. The largest absolute Gasteiger partial charge is 0.608 e. The molecule has 3 N–H and O–H groups in total. The van der Waals surface area contributed by atoms with E-state index in [1.165, 1.54) is 18.4 Å². The van der Waals surface area contributed by atoms with Crippen molar-refractivity contribution in [3.63, 3.8) is 0 Å². The number of hydroxylamine groups is 1. The molecule has 2 aromatic rings. The quantitative estimate of drug-likeness (QED) is 0.389. The second-order valence-electron chi connectivity index (χ2n) is 13.2. The van der Waals surface area contributed by atoms with Crippen molar-refractivity contribution in [1.29, 1.82) is 0 Å². The fourth-order valence-electron chi connectivity index (χ4n) is 7.83. The van der Waals surface area contributed by atoms with E-state index >= 15 is 0 Å². The lowest BCUT2D eigenvalue weighted by Crippen LogP contribution is -3.15. The lowest BCUT2D eigenvalue weighted by atomic mass is 9.79. The van der Waals surface area contributed by atoms with Crippen LogP contribution in [0.2, 0.25) is 10.0 Å². The molecule has 4 aliphatic rings. The number of amides is 2. The van der Waals surface area contributed by atoms with Gasteiger partial charge in [-0.25, -0.2) is 10.2 Å². The van der Waals surface area contributed by atoms with Gasteiger partial charge in [0.1, 0.15) is 6.04 Å². The number of halogens is 2. The minimum atomic E-state index is -0.950. The molecule has 0 radical (unpaired) electrons. The van der Waals surface area contributed by atoms with E-state index in [2.05, 4.69) is 16.8 Å². The van der Waals surface area contributed by atoms with E-state index in [0.717, 1.165) is 68.8 Å². The molecule has 11 heteroatoms. The Morgan fingerprint density at radius 1 is 0.867 bits per heavy atom. The second kappa shape index (κ2) is 14.9. The number of carbonyl (C=O) groups is 2. The van der Waals surface area contributed by atoms with Crippen molar-refractivity contribution in [2.75, 3.05) is 44.7 Å². The zero-order valence-electron chi connectivity index (χ0n) is 25.8. The number of quaternary nitrogens is 1. The second-order valence-corrected chi connectivity index (χ2v) is 14.0. The summed E-state index contributed by atoms with van der Waals surface area (Å²) in [5.41, 5.74) is 5.98. The fourth-order valence-corrected chi connectivity index (χ4v) is 8.15. The molecule has 3 fully saturated rings. The van der Waals surface area contributed by atoms with Gasteiger partial charge in [-0.05, 0) is 99.2 Å². The number of rotatable bonds is 6. The van der Waals surface area contributed by atoms with Crippen molar-refractivity contribution in [1.82, 2.24) is 15.1 Å². The highest BCUT2D eigenvalue weighted by Gasteiger charge is 2.37. The Hall–Kier alpha value is -2.56. The summed E-state index contributed by atoms with van der Waals surface area (Å²) in [4.78, 5) is 31.0. The fraction of sp³-hybridized carbons (Fsp3) is 0.588. The Morgan fingerprint density at radius 3 is 2.27 bits per heavy atom. The number of ether oxygens (including phenoxy) is 1. The van der Waals surface area contributed by atoms with E-state index in [9.17, 15) is 14.8 Å². The molecule has 45 heavy (non-hydrogen) atoms. The van der Waals surface area contributed by atoms with E-state index < -0.39 is 12.2 Å². The van der Waals surface area contributed by atoms with Crippen molar-refractivity contribution in [3.8, 4) is 0 Å². The summed E-state index contributed by atoms with van der Waals surface area (Å²) in [5, 5.41) is 17.5. The van der Waals surface area contributed by atoms with Crippen LogP contribution in [0.4, 0.5) is 10.5 Å². The van der Waals surface area contributed by atoms with Gasteiger partial charge in [-0.2, -0.15) is 0 Å². The van der Waals surface area contributed by atoms with Crippen LogP contribution in [0.15, 0.2) is 42.5 Å². The summed E-state index contributed by atoms with van der Waals surface area (Å²) >= 11 is 12.4. The van der Waals surface area contributed by atoms with Gasteiger partial charge < -0.3 is 25.1 Å². The van der Waals surface area contributed by atoms with E-state index in [1.807, 2.05) is 29.2 Å². The molecular formula is C34H45Cl2N5O4. The molecule has 0 bridgehead atoms. The first-order valence-corrected chi connectivity index (χ1v) is 17.4. The van der Waals surface area contributed by atoms with E-state index in [0.29, 0.717) is 42.1 Å². The summed E-state index contributed by atoms with van der Waals surface area (Å²) in [6, 6.07) is 13.2. The van der Waals surface area contributed by atoms with Gasteiger partial charge in [0.25, 0.3) is 5.91 Å². The van der Waals surface area contributed by atoms with E-state index in [1.54, 1.807) is 17.0 Å². The summed E-state index contributed by atoms with van der Waals surface area (Å²) < 4.78 is 6.02. The number of nitrogens with one attached hydrogen (secondary N) is 3. The predicted molar refractivity (Wildman–Crippen MR) is 176 cm³/mol. The van der Waals surface area contributed by atoms with Crippen molar-refractivity contribution in [2.45, 2.75) is 69.9 Å². The number of hydrogen-bond acceptors (Lipinski definition) is 6. The lowest BCUT2D eigenvalue weighted by molar-refractivity contribution is -0.857. The Labute approximate surface area is 276 Å². The molecule has 2 aromatic carbocycles. The highest BCUT2D eigenvalue weighted by molar-refractivity contribution is 6.42. The average Bonchev–Trinajstić information content (AvgIpc) is 3.24. The van der Waals surface area contributed by atoms with E-state index in [4.69, 9.17) is 27.9 Å². The number of para-hydroxylation sites is 1. The molecule has 9 nitrogen and oxygen atoms in total. The van der Waals surface area contributed by atoms with Gasteiger partial charge in [0.05, 0.1) is 15.7 Å². The van der Waals surface area contributed by atoms with Crippen LogP contribution in [0.5, 0.6) is 0 Å². The van der Waals surface area contributed by atoms with Gasteiger partial charge in [0.15, 0.2) is 6.10 Å². The maximum atomic E-state index is 13.9. The Bertz CT molecular complexity index is 1330. The van der Waals surface area contributed by atoms with Crippen molar-refractivity contribution in [2.24, 2.45) is 17.8 Å². The van der Waals surface area contributed by atoms with Crippen molar-refractivity contribution in [3.05, 3.63) is 68.8 Å². The standard InChI is InChI=1S/C34H45Cl2N5O4/c35-28-7-5-23(21-29(28)36)22-32(33(42)39-17-11-25(12-18-39)24-9-15-37-16-10-24)45-34(43)40-19-13-27(14-20-40)31-8-6-26-3-1-2-4-30(26)38-41(31)44/h1-5,7,21,24-25,27,31-32,37-38,41H,6,8-20,22H2/t31?,32-/m1/s1. The Kier molecular flexibility index (Phi) is 10.7. The molecular weight excluding hydrogens is 613 g/mol. The third kappa shape index (κ3) is 7.88. The SMILES string of the molecule is O=C(O[C@H](Cc1ccc(Cl)c(Cl)c1)C(=O)N1CCC(C2CCNCC2)CC1)N1CCC(C2CCc3ccccc3N[NH+]2[O-])CC1. The zero-order valence-corrected chi connectivity index (χ0v) is 27.3. The first kappa shape index (κ1) is 32.4. The number of nitrogens with zero attached hydrogens (tertiary/aromatic N) is 2. The van der Waals surface area contributed by atoms with Crippen molar-refractivity contribution < 1.29 is 19.5 Å². The maximum absolute atomic E-state index is 13.9. The third-order valence-corrected chi connectivity index (χ3v) is 11.3. The number of benzene rings is 2. The number of likely N-dealkylation sites (tertiary alicyclic amines) is 2. The Balaban J connectivity index is 1.07. The molecule has 2 amide bonds. The highest BCUT2D eigenvalue weighted by Crippen LogP contribution is 2.32. The van der Waals surface area contributed by atoms with Gasteiger partial charge >= 0.3 is 6.09 Å². The van der Waals surface area contributed by atoms with Gasteiger partial charge in [-0.15, -0.1) is 0 Å². The van der Waals surface area contributed by atoms with Crippen LogP contribution < -0.4 is 15.9 Å². The smallest absolute Gasteiger partial charge is 0.410 e. The number of anilines is 1. The van der Waals surface area contributed by atoms with Gasteiger partial charge in [0, 0.05) is 44.9 Å². The lowest BCUT2D eigenvalue weighted by Gasteiger charge is -2.40. The van der Waals surface area contributed by atoms with Gasteiger partial charge in [0.2, 0.25) is 0 Å². The van der Waals surface area contributed by atoms with Crippen LogP contribution in [-0.2, 0) is 22.4 Å². The third-order valence-electron chi connectivity index (χ3n) is 10.5. The molecule has 0 spiro atoms. The minimum absolute atomic E-state index is 0.0668. The molecule has 0 aromatic heterocycles. The first-order valence-electron chi connectivity index (χ1n) is 16.6. The monoisotopic (exact) mass is 657 g/mol. The number of hydrogen-bond donors (Lipinski definition) is 3. The molecule has 3 saturated heterocycles. The van der Waals surface area contributed by atoms with Crippen LogP contribution in [0.1, 0.15) is 56.1 Å². The molecule has 4 aliphatic heterocycles. The number of carbonyl (C=O) groups excluding carboxylic acids is 2. The molecule has 4 heterocycles. The first-order chi connectivity index (χ1) is 21.9. The van der Waals surface area contributed by atoms with Gasteiger partial charge in [-0.1, -0.05) is 47.5 Å². The minimum Gasteiger partial charge on any atom is -0.608 e. The highest BCUT2D eigenvalue weighted by atomic mass is 35.5. The predicted octanol–water partition coefficient (Wildman–Crippen LogP) is 4.72. The summed E-state index contributed by atoms with van der Waals surface area (Å²) in [7, 11) is 0. The molecule has 3 atom stereocenters. The number of aryl methyl sites for hydroxylation is 1. The van der Waals surface area contributed by atoms with E-state index in [-0.39, 0.29) is 29.5 Å². The van der Waals surface area contributed by atoms with Crippen molar-refractivity contribution >= 4 is 40.9 Å². The Morgan fingerprint density at radius 2 is 1.53 bits per heavy atom. The summed E-state index contributed by atoms with van der Waals surface area (Å²) in [6.45, 7) is 4.50. The molecule has 0 saturated carbocycles. The molecule has 244 valence electrons. The van der Waals surface area contributed by atoms with Crippen LogP contribution in [-0.4, -0.2) is 73.2 Å². The average molecular weight is 659 g/mol. The topological polar surface area (TPSA) is 101 Å². The zero-order chi connectivity index (χ0) is 31.3. The van der Waals surface area contributed by atoms with Crippen LogP contribution in [0.3, 0.4) is 0 Å². The maximum Gasteiger partial charge on any atom is 0.410 e. The summed E-state index contributed by atoms with van der Waals surface area (Å²) in [5.74, 6) is 1.40. The van der Waals surface area contributed by atoms with Crippen LogP contribution in [0, 0.1) is 23.0 Å².